The molecule has 0 atom stereocenters. The van der Waals surface area contributed by atoms with Gasteiger partial charge in [-0.15, -0.1) is 0 Å². The molecule has 0 bridgehead atoms. The van der Waals surface area contributed by atoms with E-state index in [1.807, 2.05) is 6.92 Å². The fourth-order valence-electron chi connectivity index (χ4n) is 1.74. The van der Waals surface area contributed by atoms with Crippen molar-refractivity contribution in [2.75, 3.05) is 0 Å². The Morgan fingerprint density at radius 1 is 1.39 bits per heavy atom. The van der Waals surface area contributed by atoms with Crippen molar-refractivity contribution in [3.05, 3.63) is 53.1 Å². The zero-order chi connectivity index (χ0) is 13.1. The van der Waals surface area contributed by atoms with E-state index in [4.69, 9.17) is 5.11 Å². The van der Waals surface area contributed by atoms with Crippen molar-refractivity contribution >= 4 is 5.97 Å². The summed E-state index contributed by atoms with van der Waals surface area (Å²) in [7, 11) is 0. The summed E-state index contributed by atoms with van der Waals surface area (Å²) in [6.07, 6.45) is 0.696. The van der Waals surface area contributed by atoms with Crippen molar-refractivity contribution in [2.45, 2.75) is 19.9 Å². The maximum Gasteiger partial charge on any atom is 0.356 e. The molecule has 4 nitrogen and oxygen atoms in total. The van der Waals surface area contributed by atoms with Gasteiger partial charge in [-0.1, -0.05) is 19.1 Å². The van der Waals surface area contributed by atoms with E-state index >= 15 is 0 Å². The molecule has 1 aromatic carbocycles. The lowest BCUT2D eigenvalue weighted by molar-refractivity contribution is 0.0689. The Morgan fingerprint density at radius 2 is 2.06 bits per heavy atom. The lowest BCUT2D eigenvalue weighted by Gasteiger charge is -2.05. The summed E-state index contributed by atoms with van der Waals surface area (Å²) in [5.41, 5.74) is 1.76. The molecule has 0 saturated heterocycles. The molecule has 0 saturated carbocycles. The number of halogens is 1. The first kappa shape index (κ1) is 12.3. The van der Waals surface area contributed by atoms with E-state index < -0.39 is 5.97 Å². The number of carbonyl (C=O) groups is 1. The molecule has 1 heterocycles. The molecule has 2 rings (SSSR count). The predicted octanol–water partition coefficient (Wildman–Crippen LogP) is 2.33. The molecule has 2 aromatic rings. The van der Waals surface area contributed by atoms with E-state index in [1.165, 1.54) is 12.1 Å². The van der Waals surface area contributed by atoms with Gasteiger partial charge in [0.1, 0.15) is 5.82 Å². The van der Waals surface area contributed by atoms with Crippen LogP contribution in [-0.2, 0) is 13.0 Å². The number of benzene rings is 1. The normalized spacial score (nSPS) is 10.6. The van der Waals surface area contributed by atoms with Crippen LogP contribution in [0.15, 0.2) is 30.3 Å². The Bertz CT molecular complexity index is 561. The third-order valence-electron chi connectivity index (χ3n) is 2.69. The minimum absolute atomic E-state index is 0.0361. The number of aryl methyl sites for hydroxylation is 1. The fourth-order valence-corrected chi connectivity index (χ4v) is 1.74. The fraction of sp³-hybridized carbons (Fsp3) is 0.231. The van der Waals surface area contributed by atoms with Crippen LogP contribution < -0.4 is 0 Å². The lowest BCUT2D eigenvalue weighted by Crippen LogP contribution is -2.07. The molecular formula is C13H13FN2O2. The van der Waals surface area contributed by atoms with Crippen molar-refractivity contribution in [1.82, 2.24) is 9.78 Å². The zero-order valence-corrected chi connectivity index (χ0v) is 9.93. The van der Waals surface area contributed by atoms with Crippen LogP contribution in [0.3, 0.4) is 0 Å². The van der Waals surface area contributed by atoms with Crippen molar-refractivity contribution in [3.8, 4) is 0 Å². The van der Waals surface area contributed by atoms with Gasteiger partial charge in [0, 0.05) is 5.69 Å². The van der Waals surface area contributed by atoms with E-state index in [0.29, 0.717) is 13.0 Å². The minimum Gasteiger partial charge on any atom is -0.476 e. The highest BCUT2D eigenvalue weighted by atomic mass is 19.1. The molecule has 94 valence electrons. The number of hydrogen-bond donors (Lipinski definition) is 1. The monoisotopic (exact) mass is 248 g/mol. The smallest absolute Gasteiger partial charge is 0.356 e. The van der Waals surface area contributed by atoms with Gasteiger partial charge in [0.2, 0.25) is 0 Å². The van der Waals surface area contributed by atoms with Gasteiger partial charge in [0.15, 0.2) is 5.69 Å². The Labute approximate surface area is 104 Å². The molecule has 0 amide bonds. The molecule has 0 radical (unpaired) electrons. The van der Waals surface area contributed by atoms with Crippen LogP contribution >= 0.6 is 0 Å². The third-order valence-corrected chi connectivity index (χ3v) is 2.69. The van der Waals surface area contributed by atoms with Crippen LogP contribution in [0.4, 0.5) is 4.39 Å². The molecule has 0 aliphatic carbocycles. The molecule has 1 N–H and O–H groups in total. The molecule has 0 aliphatic heterocycles. The van der Waals surface area contributed by atoms with E-state index in [2.05, 4.69) is 5.10 Å². The molecule has 18 heavy (non-hydrogen) atoms. The van der Waals surface area contributed by atoms with Crippen LogP contribution in [-0.4, -0.2) is 20.9 Å². The molecule has 1 aromatic heterocycles. The molecule has 0 fully saturated rings. The number of carboxylic acids is 1. The van der Waals surface area contributed by atoms with Gasteiger partial charge in [-0.3, -0.25) is 4.68 Å². The molecule has 0 spiro atoms. The maximum atomic E-state index is 12.8. The molecule has 0 aliphatic rings. The van der Waals surface area contributed by atoms with Crippen LogP contribution in [0.25, 0.3) is 0 Å². The van der Waals surface area contributed by atoms with Gasteiger partial charge < -0.3 is 5.11 Å². The second-order valence-corrected chi connectivity index (χ2v) is 3.96. The summed E-state index contributed by atoms with van der Waals surface area (Å²) >= 11 is 0. The van der Waals surface area contributed by atoms with E-state index in [1.54, 1.807) is 22.9 Å². The molecule has 5 heteroatoms. The van der Waals surface area contributed by atoms with Crippen LogP contribution in [0.1, 0.15) is 28.7 Å². The van der Waals surface area contributed by atoms with Crippen molar-refractivity contribution in [1.29, 1.82) is 0 Å². The summed E-state index contributed by atoms with van der Waals surface area (Å²) in [4.78, 5) is 10.9. The second-order valence-electron chi connectivity index (χ2n) is 3.96. The highest BCUT2D eigenvalue weighted by Gasteiger charge is 2.12. The standard InChI is InChI=1S/C13H13FN2O2/c1-2-11-7-12(13(17)18)15-16(11)8-9-3-5-10(14)6-4-9/h3-7H,2,8H2,1H3,(H,17,18). The van der Waals surface area contributed by atoms with Gasteiger partial charge in [0.25, 0.3) is 0 Å². The highest BCUT2D eigenvalue weighted by Crippen LogP contribution is 2.10. The minimum atomic E-state index is -1.04. The lowest BCUT2D eigenvalue weighted by atomic mass is 10.2. The quantitative estimate of drug-likeness (QED) is 0.903. The van der Waals surface area contributed by atoms with Crippen molar-refractivity contribution in [3.63, 3.8) is 0 Å². The molecular weight excluding hydrogens is 235 g/mol. The Morgan fingerprint density at radius 3 is 2.61 bits per heavy atom. The first-order valence-electron chi connectivity index (χ1n) is 5.64. The first-order valence-corrected chi connectivity index (χ1v) is 5.64. The van der Waals surface area contributed by atoms with Crippen LogP contribution in [0, 0.1) is 5.82 Å². The molecule has 0 unspecified atom stereocenters. The largest absolute Gasteiger partial charge is 0.476 e. The van der Waals surface area contributed by atoms with E-state index in [9.17, 15) is 9.18 Å². The number of carboxylic acid groups (broad SMARTS) is 1. The van der Waals surface area contributed by atoms with Gasteiger partial charge in [-0.25, -0.2) is 9.18 Å². The Hall–Kier alpha value is -2.17. The summed E-state index contributed by atoms with van der Waals surface area (Å²) in [5.74, 6) is -1.33. The number of aromatic carboxylic acids is 1. The predicted molar refractivity (Wildman–Crippen MR) is 64.1 cm³/mol. The van der Waals surface area contributed by atoms with E-state index in [0.717, 1.165) is 11.3 Å². The van der Waals surface area contributed by atoms with Gasteiger partial charge in [0.05, 0.1) is 6.54 Å². The second kappa shape index (κ2) is 5.00. The van der Waals surface area contributed by atoms with Crippen LogP contribution in [0.2, 0.25) is 0 Å². The highest BCUT2D eigenvalue weighted by molar-refractivity contribution is 5.85. The summed E-state index contributed by atoms with van der Waals surface area (Å²) in [5, 5.41) is 12.9. The number of hydrogen-bond acceptors (Lipinski definition) is 2. The Balaban J connectivity index is 2.27. The summed E-state index contributed by atoms with van der Waals surface area (Å²) in [6, 6.07) is 7.64. The van der Waals surface area contributed by atoms with Crippen molar-refractivity contribution < 1.29 is 14.3 Å². The van der Waals surface area contributed by atoms with Crippen LogP contribution in [0.5, 0.6) is 0 Å². The average molecular weight is 248 g/mol. The average Bonchev–Trinajstić information content (AvgIpc) is 2.75. The summed E-state index contributed by atoms with van der Waals surface area (Å²) < 4.78 is 14.4. The van der Waals surface area contributed by atoms with Gasteiger partial charge in [-0.2, -0.15) is 5.10 Å². The Kier molecular flexibility index (Phi) is 3.41. The first-order chi connectivity index (χ1) is 8.60. The topological polar surface area (TPSA) is 55.1 Å². The zero-order valence-electron chi connectivity index (χ0n) is 9.93. The maximum absolute atomic E-state index is 12.8. The van der Waals surface area contributed by atoms with Crippen molar-refractivity contribution in [2.24, 2.45) is 0 Å². The number of rotatable bonds is 4. The van der Waals surface area contributed by atoms with Gasteiger partial charge in [-0.05, 0) is 30.2 Å². The number of nitrogens with zero attached hydrogens (tertiary/aromatic N) is 2. The summed E-state index contributed by atoms with van der Waals surface area (Å²) in [6.45, 7) is 2.38. The van der Waals surface area contributed by atoms with Gasteiger partial charge >= 0.3 is 5.97 Å². The van der Waals surface area contributed by atoms with E-state index in [-0.39, 0.29) is 11.5 Å². The number of aromatic nitrogens is 2. The SMILES string of the molecule is CCc1cc(C(=O)O)nn1Cc1ccc(F)cc1. The third kappa shape index (κ3) is 2.56.